The first-order valence-corrected chi connectivity index (χ1v) is 5.10. The molecule has 0 spiro atoms. The van der Waals surface area contributed by atoms with Gasteiger partial charge in [0.05, 0.1) is 18.2 Å². The van der Waals surface area contributed by atoms with E-state index in [0.717, 1.165) is 11.3 Å². The second-order valence-electron chi connectivity index (χ2n) is 3.36. The van der Waals surface area contributed by atoms with Crippen LogP contribution in [0.1, 0.15) is 5.56 Å². The normalized spacial score (nSPS) is 10.9. The molecule has 4 heteroatoms. The van der Waals surface area contributed by atoms with Crippen LogP contribution in [0.3, 0.4) is 0 Å². The molecule has 1 N–H and O–H groups in total. The fraction of sp³-hybridized carbons (Fsp3) is 0.364. The number of halogens is 1. The minimum atomic E-state index is 0.0594. The van der Waals surface area contributed by atoms with Gasteiger partial charge in [-0.15, -0.1) is 0 Å². The maximum absolute atomic E-state index is 8.58. The second-order valence-corrected chi connectivity index (χ2v) is 3.77. The third kappa shape index (κ3) is 3.53. The van der Waals surface area contributed by atoms with Crippen LogP contribution in [0.5, 0.6) is 0 Å². The Morgan fingerprint density at radius 2 is 2.20 bits per heavy atom. The van der Waals surface area contributed by atoms with Crippen molar-refractivity contribution < 1.29 is 5.11 Å². The summed E-state index contributed by atoms with van der Waals surface area (Å²) in [5, 5.41) is 9.25. The third-order valence-corrected chi connectivity index (χ3v) is 2.29. The molecule has 0 amide bonds. The van der Waals surface area contributed by atoms with Crippen LogP contribution in [0.25, 0.3) is 0 Å². The minimum Gasteiger partial charge on any atom is -0.394 e. The molecule has 0 bridgehead atoms. The van der Waals surface area contributed by atoms with Crippen molar-refractivity contribution in [3.05, 3.63) is 28.8 Å². The molecule has 1 aromatic rings. The summed E-state index contributed by atoms with van der Waals surface area (Å²) in [5.74, 6) is 0. The first kappa shape index (κ1) is 12.0. The highest BCUT2D eigenvalue weighted by Crippen LogP contribution is 2.21. The van der Waals surface area contributed by atoms with Gasteiger partial charge in [0.1, 0.15) is 0 Å². The maximum Gasteiger partial charge on any atom is 0.0626 e. The lowest BCUT2D eigenvalue weighted by Crippen LogP contribution is -2.08. The summed E-state index contributed by atoms with van der Waals surface area (Å²) in [4.78, 5) is 6.01. The van der Waals surface area contributed by atoms with E-state index in [4.69, 9.17) is 16.7 Å². The molecular weight excluding hydrogens is 212 g/mol. The number of hydrogen-bond donors (Lipinski definition) is 1. The van der Waals surface area contributed by atoms with Gasteiger partial charge in [-0.2, -0.15) is 0 Å². The van der Waals surface area contributed by atoms with Gasteiger partial charge in [0.2, 0.25) is 0 Å². The van der Waals surface area contributed by atoms with Crippen molar-refractivity contribution >= 4 is 23.5 Å². The number of nitrogens with zero attached hydrogens (tertiary/aromatic N) is 2. The van der Waals surface area contributed by atoms with E-state index in [1.54, 1.807) is 6.21 Å². The van der Waals surface area contributed by atoms with E-state index in [-0.39, 0.29) is 6.61 Å². The van der Waals surface area contributed by atoms with Gasteiger partial charge < -0.3 is 10.0 Å². The quantitative estimate of drug-likeness (QED) is 0.795. The van der Waals surface area contributed by atoms with E-state index in [0.29, 0.717) is 11.6 Å². The van der Waals surface area contributed by atoms with Crippen molar-refractivity contribution in [3.63, 3.8) is 0 Å². The van der Waals surface area contributed by atoms with Gasteiger partial charge in [0.25, 0.3) is 0 Å². The van der Waals surface area contributed by atoms with Crippen LogP contribution in [0.4, 0.5) is 5.69 Å². The summed E-state index contributed by atoms with van der Waals surface area (Å²) in [5.41, 5.74) is 1.93. The van der Waals surface area contributed by atoms with E-state index >= 15 is 0 Å². The molecule has 1 aromatic carbocycles. The van der Waals surface area contributed by atoms with Gasteiger partial charge in [-0.25, -0.2) is 0 Å². The molecule has 3 nitrogen and oxygen atoms in total. The van der Waals surface area contributed by atoms with Gasteiger partial charge >= 0.3 is 0 Å². The number of anilines is 1. The lowest BCUT2D eigenvalue weighted by atomic mass is 10.2. The lowest BCUT2D eigenvalue weighted by Gasteiger charge is -2.12. The number of aliphatic hydroxyl groups excluding tert-OH is 1. The largest absolute Gasteiger partial charge is 0.394 e. The lowest BCUT2D eigenvalue weighted by molar-refractivity contribution is 0.307. The zero-order valence-electron chi connectivity index (χ0n) is 8.94. The number of benzene rings is 1. The molecule has 0 fully saturated rings. The van der Waals surface area contributed by atoms with Crippen molar-refractivity contribution in [1.82, 2.24) is 0 Å². The van der Waals surface area contributed by atoms with E-state index in [1.165, 1.54) is 0 Å². The van der Waals surface area contributed by atoms with Gasteiger partial charge in [-0.05, 0) is 18.2 Å². The Labute approximate surface area is 95.0 Å². The third-order valence-electron chi connectivity index (χ3n) is 1.96. The molecule has 0 radical (unpaired) electrons. The van der Waals surface area contributed by atoms with Crippen molar-refractivity contribution in [2.45, 2.75) is 0 Å². The van der Waals surface area contributed by atoms with Crippen LogP contribution in [-0.4, -0.2) is 38.6 Å². The van der Waals surface area contributed by atoms with Crippen molar-refractivity contribution in [2.75, 3.05) is 32.1 Å². The number of aliphatic hydroxyl groups is 1. The van der Waals surface area contributed by atoms with Gasteiger partial charge in [0, 0.05) is 31.6 Å². The van der Waals surface area contributed by atoms with Crippen LogP contribution in [0.15, 0.2) is 23.2 Å². The van der Waals surface area contributed by atoms with E-state index in [1.807, 2.05) is 37.2 Å². The molecule has 0 unspecified atom stereocenters. The summed E-state index contributed by atoms with van der Waals surface area (Å²) in [6.07, 6.45) is 1.68. The standard InChI is InChI=1S/C11H15ClN2O/c1-14(2)10-4-3-9(11(12)7-10)8-13-5-6-15/h3-4,7-8,15H,5-6H2,1-2H3. The fourth-order valence-corrected chi connectivity index (χ4v) is 1.34. The van der Waals surface area contributed by atoms with Crippen LogP contribution in [-0.2, 0) is 0 Å². The number of hydrogen-bond acceptors (Lipinski definition) is 3. The van der Waals surface area contributed by atoms with E-state index in [9.17, 15) is 0 Å². The second kappa shape index (κ2) is 5.73. The number of aliphatic imine (C=N–C) groups is 1. The summed E-state index contributed by atoms with van der Waals surface area (Å²) in [7, 11) is 3.93. The molecule has 15 heavy (non-hydrogen) atoms. The van der Waals surface area contributed by atoms with Crippen LogP contribution >= 0.6 is 11.6 Å². The highest BCUT2D eigenvalue weighted by Gasteiger charge is 2.00. The van der Waals surface area contributed by atoms with Crippen LogP contribution in [0.2, 0.25) is 5.02 Å². The molecule has 0 aliphatic rings. The summed E-state index contributed by atoms with van der Waals surface area (Å²) in [6.45, 7) is 0.468. The molecule has 0 aliphatic heterocycles. The average Bonchev–Trinajstić information content (AvgIpc) is 2.20. The van der Waals surface area contributed by atoms with Crippen molar-refractivity contribution in [1.29, 1.82) is 0 Å². The molecule has 82 valence electrons. The van der Waals surface area contributed by atoms with E-state index in [2.05, 4.69) is 4.99 Å². The molecule has 1 rings (SSSR count). The molecule has 0 atom stereocenters. The summed E-state index contributed by atoms with van der Waals surface area (Å²) < 4.78 is 0. The molecular formula is C11H15ClN2O. The molecule has 0 aliphatic carbocycles. The SMILES string of the molecule is CN(C)c1ccc(C=NCCO)c(Cl)c1. The van der Waals surface area contributed by atoms with Crippen molar-refractivity contribution in [2.24, 2.45) is 4.99 Å². The summed E-state index contributed by atoms with van der Waals surface area (Å²) in [6, 6.07) is 5.78. The zero-order valence-corrected chi connectivity index (χ0v) is 9.70. The predicted octanol–water partition coefficient (Wildman–Crippen LogP) is 1.82. The highest BCUT2D eigenvalue weighted by atomic mass is 35.5. The van der Waals surface area contributed by atoms with Gasteiger partial charge in [0.15, 0.2) is 0 Å². The Morgan fingerprint density at radius 3 is 2.73 bits per heavy atom. The molecule has 0 aromatic heterocycles. The topological polar surface area (TPSA) is 35.8 Å². The summed E-state index contributed by atoms with van der Waals surface area (Å²) >= 11 is 6.07. The van der Waals surface area contributed by atoms with Gasteiger partial charge in [-0.1, -0.05) is 11.6 Å². The Morgan fingerprint density at radius 1 is 1.47 bits per heavy atom. The van der Waals surface area contributed by atoms with Crippen LogP contribution in [0, 0.1) is 0 Å². The fourth-order valence-electron chi connectivity index (χ4n) is 1.12. The van der Waals surface area contributed by atoms with Gasteiger partial charge in [-0.3, -0.25) is 4.99 Å². The first-order valence-electron chi connectivity index (χ1n) is 4.72. The predicted molar refractivity (Wildman–Crippen MR) is 65.3 cm³/mol. The maximum atomic E-state index is 8.58. The first-order chi connectivity index (χ1) is 7.15. The zero-order chi connectivity index (χ0) is 11.3. The Bertz CT molecular complexity index is 350. The Hall–Kier alpha value is -1.06. The Kier molecular flexibility index (Phi) is 4.59. The number of rotatable bonds is 4. The van der Waals surface area contributed by atoms with Crippen molar-refractivity contribution in [3.8, 4) is 0 Å². The highest BCUT2D eigenvalue weighted by molar-refractivity contribution is 6.33. The monoisotopic (exact) mass is 226 g/mol. The smallest absolute Gasteiger partial charge is 0.0626 e. The van der Waals surface area contributed by atoms with E-state index < -0.39 is 0 Å². The van der Waals surface area contributed by atoms with Crippen LogP contribution < -0.4 is 4.90 Å². The molecule has 0 saturated heterocycles. The molecule has 0 heterocycles. The average molecular weight is 227 g/mol. The minimum absolute atomic E-state index is 0.0594. The molecule has 0 saturated carbocycles. The Balaban J connectivity index is 2.83.